The van der Waals surface area contributed by atoms with E-state index in [9.17, 15) is 9.59 Å². The summed E-state index contributed by atoms with van der Waals surface area (Å²) < 4.78 is 15.6. The van der Waals surface area contributed by atoms with Crippen LogP contribution in [-0.2, 0) is 0 Å². The highest BCUT2D eigenvalue weighted by Gasteiger charge is 2.13. The Bertz CT molecular complexity index is 787. The lowest BCUT2D eigenvalue weighted by atomic mass is 10.2. The number of primary amides is 1. The molecule has 2 aromatic rings. The number of nitrogens with one attached hydrogen (secondary N) is 1. The first-order valence-corrected chi connectivity index (χ1v) is 7.16. The van der Waals surface area contributed by atoms with E-state index in [1.165, 1.54) is 13.3 Å². The molecule has 3 N–H and O–H groups in total. The molecule has 0 fully saturated rings. The zero-order chi connectivity index (χ0) is 18.2. The minimum Gasteiger partial charge on any atom is -0.497 e. The number of hydrogen-bond acceptors (Lipinski definition) is 6. The van der Waals surface area contributed by atoms with Crippen LogP contribution in [0.1, 0.15) is 15.9 Å². The van der Waals surface area contributed by atoms with Gasteiger partial charge in [-0.15, -0.1) is 0 Å². The van der Waals surface area contributed by atoms with Crippen LogP contribution >= 0.6 is 0 Å². The van der Waals surface area contributed by atoms with Gasteiger partial charge < -0.3 is 19.9 Å². The number of amides is 2. The number of ether oxygens (including phenoxy) is 3. The van der Waals surface area contributed by atoms with Gasteiger partial charge in [-0.3, -0.25) is 0 Å². The number of carbonyl (C=O) groups is 2. The van der Waals surface area contributed by atoms with Gasteiger partial charge in [0.1, 0.15) is 5.75 Å². The zero-order valence-corrected chi connectivity index (χ0v) is 13.7. The van der Waals surface area contributed by atoms with Gasteiger partial charge in [-0.2, -0.15) is 5.10 Å². The number of nitrogens with two attached hydrogens (primary N) is 1. The van der Waals surface area contributed by atoms with E-state index in [0.717, 1.165) is 0 Å². The van der Waals surface area contributed by atoms with E-state index in [1.54, 1.807) is 49.6 Å². The summed E-state index contributed by atoms with van der Waals surface area (Å²) in [6.45, 7) is 0. The first kappa shape index (κ1) is 17.8. The molecule has 0 radical (unpaired) electrons. The highest BCUT2D eigenvalue weighted by atomic mass is 16.6. The monoisotopic (exact) mass is 343 g/mol. The standard InChI is InChI=1S/C17H17N3O5/c1-23-13-6-4-12(5-7-13)16(21)25-14-8-3-11(9-15(14)24-2)10-19-20-17(18)22/h3-10H,1-2H3,(H3,18,20,22). The Balaban J connectivity index is 2.13. The molecular weight excluding hydrogens is 326 g/mol. The fourth-order valence-corrected chi connectivity index (χ4v) is 1.91. The number of urea groups is 1. The quantitative estimate of drug-likeness (QED) is 0.360. The average molecular weight is 343 g/mol. The molecule has 2 rings (SSSR count). The Labute approximate surface area is 144 Å². The SMILES string of the molecule is COc1ccc(C(=O)Oc2ccc(C=NNC(N)=O)cc2OC)cc1. The number of hydrazone groups is 1. The molecule has 0 aliphatic carbocycles. The third kappa shape index (κ3) is 4.96. The van der Waals surface area contributed by atoms with Gasteiger partial charge in [0.25, 0.3) is 0 Å². The van der Waals surface area contributed by atoms with Crippen LogP contribution in [0.15, 0.2) is 47.6 Å². The first-order valence-electron chi connectivity index (χ1n) is 7.16. The number of hydrogen-bond donors (Lipinski definition) is 2. The Morgan fingerprint density at radius 1 is 1.04 bits per heavy atom. The molecule has 25 heavy (non-hydrogen) atoms. The maximum Gasteiger partial charge on any atom is 0.343 e. The lowest BCUT2D eigenvalue weighted by Crippen LogP contribution is -2.24. The molecule has 0 atom stereocenters. The zero-order valence-electron chi connectivity index (χ0n) is 13.7. The van der Waals surface area contributed by atoms with Crippen LogP contribution in [0.2, 0.25) is 0 Å². The maximum atomic E-state index is 12.2. The molecule has 8 nitrogen and oxygen atoms in total. The third-order valence-electron chi connectivity index (χ3n) is 3.10. The van der Waals surface area contributed by atoms with Crippen LogP contribution < -0.4 is 25.4 Å². The fraction of sp³-hybridized carbons (Fsp3) is 0.118. The maximum absolute atomic E-state index is 12.2. The number of nitrogens with zero attached hydrogens (tertiary/aromatic N) is 1. The van der Waals surface area contributed by atoms with E-state index in [4.69, 9.17) is 19.9 Å². The van der Waals surface area contributed by atoms with Crippen molar-refractivity contribution in [2.45, 2.75) is 0 Å². The minimum absolute atomic E-state index is 0.253. The van der Waals surface area contributed by atoms with Gasteiger partial charge in [-0.05, 0) is 48.0 Å². The number of esters is 1. The van der Waals surface area contributed by atoms with Crippen molar-refractivity contribution in [3.05, 3.63) is 53.6 Å². The fourth-order valence-electron chi connectivity index (χ4n) is 1.91. The summed E-state index contributed by atoms with van der Waals surface area (Å²) in [5, 5.41) is 3.65. The van der Waals surface area contributed by atoms with Crippen molar-refractivity contribution in [1.82, 2.24) is 5.43 Å². The molecular formula is C17H17N3O5. The number of rotatable bonds is 6. The van der Waals surface area contributed by atoms with Gasteiger partial charge in [-0.25, -0.2) is 15.0 Å². The topological polar surface area (TPSA) is 112 Å². The molecule has 2 amide bonds. The summed E-state index contributed by atoms with van der Waals surface area (Å²) in [6, 6.07) is 10.6. The lowest BCUT2D eigenvalue weighted by molar-refractivity contribution is 0.0729. The molecule has 8 heteroatoms. The largest absolute Gasteiger partial charge is 0.497 e. The summed E-state index contributed by atoms with van der Waals surface area (Å²) in [4.78, 5) is 22.8. The molecule has 0 aliphatic heterocycles. The van der Waals surface area contributed by atoms with Crippen molar-refractivity contribution >= 4 is 18.2 Å². The second-order valence-electron chi connectivity index (χ2n) is 4.76. The summed E-state index contributed by atoms with van der Waals surface area (Å²) in [5.41, 5.74) is 7.99. The molecule has 0 unspecified atom stereocenters. The van der Waals surface area contributed by atoms with Crippen molar-refractivity contribution in [3.63, 3.8) is 0 Å². The summed E-state index contributed by atoms with van der Waals surface area (Å²) in [7, 11) is 2.99. The smallest absolute Gasteiger partial charge is 0.343 e. The second kappa shape index (κ2) is 8.34. The van der Waals surface area contributed by atoms with E-state index in [0.29, 0.717) is 22.6 Å². The van der Waals surface area contributed by atoms with Crippen molar-refractivity contribution in [3.8, 4) is 17.2 Å². The van der Waals surface area contributed by atoms with Crippen molar-refractivity contribution < 1.29 is 23.8 Å². The highest BCUT2D eigenvalue weighted by molar-refractivity contribution is 5.91. The van der Waals surface area contributed by atoms with Gasteiger partial charge >= 0.3 is 12.0 Å². The van der Waals surface area contributed by atoms with Crippen molar-refractivity contribution in [2.75, 3.05) is 14.2 Å². The van der Waals surface area contributed by atoms with Crippen LogP contribution in [0.5, 0.6) is 17.2 Å². The molecule has 0 spiro atoms. The third-order valence-corrected chi connectivity index (χ3v) is 3.10. The predicted molar refractivity (Wildman–Crippen MR) is 91.3 cm³/mol. The Morgan fingerprint density at radius 3 is 2.36 bits per heavy atom. The molecule has 0 heterocycles. The highest BCUT2D eigenvalue weighted by Crippen LogP contribution is 2.28. The molecule has 0 aromatic heterocycles. The van der Waals surface area contributed by atoms with E-state index >= 15 is 0 Å². The van der Waals surface area contributed by atoms with Gasteiger partial charge in [-0.1, -0.05) is 0 Å². The summed E-state index contributed by atoms with van der Waals surface area (Å²) >= 11 is 0. The normalized spacial score (nSPS) is 10.3. The lowest BCUT2D eigenvalue weighted by Gasteiger charge is -2.10. The molecule has 130 valence electrons. The van der Waals surface area contributed by atoms with Gasteiger partial charge in [0.15, 0.2) is 11.5 Å². The van der Waals surface area contributed by atoms with Crippen molar-refractivity contribution in [1.29, 1.82) is 0 Å². The van der Waals surface area contributed by atoms with E-state index in [-0.39, 0.29) is 5.75 Å². The minimum atomic E-state index is -0.770. The number of benzene rings is 2. The van der Waals surface area contributed by atoms with Gasteiger partial charge in [0.2, 0.25) is 0 Å². The Morgan fingerprint density at radius 2 is 1.76 bits per heavy atom. The predicted octanol–water partition coefficient (Wildman–Crippen LogP) is 1.93. The summed E-state index contributed by atoms with van der Waals surface area (Å²) in [6.07, 6.45) is 1.38. The van der Waals surface area contributed by atoms with Crippen LogP contribution in [0.25, 0.3) is 0 Å². The Hall–Kier alpha value is -3.55. The van der Waals surface area contributed by atoms with E-state index in [1.807, 2.05) is 0 Å². The van der Waals surface area contributed by atoms with E-state index in [2.05, 4.69) is 10.5 Å². The average Bonchev–Trinajstić information content (AvgIpc) is 2.62. The first-order chi connectivity index (χ1) is 12.0. The second-order valence-corrected chi connectivity index (χ2v) is 4.76. The molecule has 0 bridgehead atoms. The van der Waals surface area contributed by atoms with Crippen LogP contribution in [0, 0.1) is 0 Å². The molecule has 0 aliphatic rings. The molecule has 0 saturated carbocycles. The van der Waals surface area contributed by atoms with Crippen molar-refractivity contribution in [2.24, 2.45) is 10.8 Å². The Kier molecular flexibility index (Phi) is 5.94. The van der Waals surface area contributed by atoms with E-state index < -0.39 is 12.0 Å². The number of carbonyl (C=O) groups excluding carboxylic acids is 2. The van der Waals surface area contributed by atoms with Gasteiger partial charge in [0, 0.05) is 0 Å². The van der Waals surface area contributed by atoms with Crippen LogP contribution in [0.4, 0.5) is 4.79 Å². The summed E-state index contributed by atoms with van der Waals surface area (Å²) in [5.74, 6) is 0.702. The van der Waals surface area contributed by atoms with Gasteiger partial charge in [0.05, 0.1) is 26.0 Å². The van der Waals surface area contributed by atoms with Crippen LogP contribution in [-0.4, -0.2) is 32.4 Å². The molecule has 0 saturated heterocycles. The van der Waals surface area contributed by atoms with Crippen LogP contribution in [0.3, 0.4) is 0 Å². The molecule has 2 aromatic carbocycles. The number of methoxy groups -OCH3 is 2.